The van der Waals surface area contributed by atoms with E-state index in [9.17, 15) is 19.7 Å². The number of nitrogens with one attached hydrogen (secondary N) is 1. The molecule has 4 rings (SSSR count). The highest BCUT2D eigenvalue weighted by Crippen LogP contribution is 2.23. The molecular formula is C26H21N5O4S. The van der Waals surface area contributed by atoms with Crippen LogP contribution < -0.4 is 11.0 Å². The molecule has 0 bridgehead atoms. The van der Waals surface area contributed by atoms with E-state index in [4.69, 9.17) is 0 Å². The largest absolute Gasteiger partial charge is 0.276 e. The maximum Gasteiger partial charge on any atom is 0.276 e. The van der Waals surface area contributed by atoms with Gasteiger partial charge in [-0.15, -0.1) is 0 Å². The third-order valence-electron chi connectivity index (χ3n) is 5.19. The van der Waals surface area contributed by atoms with Crippen LogP contribution in [0.1, 0.15) is 11.1 Å². The summed E-state index contributed by atoms with van der Waals surface area (Å²) in [6, 6.07) is 20.9. The molecule has 1 amide bonds. The molecule has 0 saturated heterocycles. The van der Waals surface area contributed by atoms with E-state index in [2.05, 4.69) is 15.5 Å². The minimum atomic E-state index is -0.465. The molecule has 1 aromatic heterocycles. The van der Waals surface area contributed by atoms with Crippen LogP contribution in [0.3, 0.4) is 0 Å². The van der Waals surface area contributed by atoms with Gasteiger partial charge >= 0.3 is 0 Å². The number of benzene rings is 3. The molecule has 0 radical (unpaired) electrons. The zero-order valence-corrected chi connectivity index (χ0v) is 20.0. The summed E-state index contributed by atoms with van der Waals surface area (Å²) in [5.41, 5.74) is 4.74. The molecule has 0 aliphatic rings. The Bertz CT molecular complexity index is 1560. The standard InChI is InChI=1S/C26H21N5O4S/c1-18-9-2-6-14-22(18)30-25(33)20-12-4-5-13-21(20)28-26(30)36-17-24(32)29-27-16-8-11-19-10-3-7-15-23(19)31(34)35/h2-16H,17H2,1H3,(H,29,32)/b11-8+,27-16+. The van der Waals surface area contributed by atoms with Crippen molar-refractivity contribution >= 4 is 46.5 Å². The maximum absolute atomic E-state index is 13.3. The number of hydrogen-bond acceptors (Lipinski definition) is 7. The average molecular weight is 500 g/mol. The summed E-state index contributed by atoms with van der Waals surface area (Å²) < 4.78 is 1.52. The highest BCUT2D eigenvalue weighted by molar-refractivity contribution is 7.99. The zero-order chi connectivity index (χ0) is 25.5. The number of nitro benzene ring substituents is 1. The van der Waals surface area contributed by atoms with Crippen LogP contribution in [0.2, 0.25) is 0 Å². The number of hydrazone groups is 1. The van der Waals surface area contributed by atoms with Gasteiger partial charge in [-0.1, -0.05) is 54.2 Å². The Morgan fingerprint density at radius 1 is 1.11 bits per heavy atom. The molecule has 10 heteroatoms. The second-order valence-corrected chi connectivity index (χ2v) is 8.56. The summed E-state index contributed by atoms with van der Waals surface area (Å²) >= 11 is 1.13. The van der Waals surface area contributed by atoms with Crippen molar-refractivity contribution in [2.24, 2.45) is 5.10 Å². The van der Waals surface area contributed by atoms with Gasteiger partial charge in [0.15, 0.2) is 5.16 Å². The first kappa shape index (κ1) is 24.6. The van der Waals surface area contributed by atoms with E-state index in [1.165, 1.54) is 29.0 Å². The number of nitro groups is 1. The van der Waals surface area contributed by atoms with E-state index in [1.54, 1.807) is 42.5 Å². The quantitative estimate of drug-likeness (QED) is 0.125. The minimum absolute atomic E-state index is 0.0230. The molecule has 0 unspecified atom stereocenters. The molecular weight excluding hydrogens is 478 g/mol. The molecule has 1 N–H and O–H groups in total. The Morgan fingerprint density at radius 2 is 1.83 bits per heavy atom. The molecule has 1 heterocycles. The molecule has 4 aromatic rings. The molecule has 180 valence electrons. The van der Waals surface area contributed by atoms with Crippen molar-refractivity contribution in [2.45, 2.75) is 12.1 Å². The van der Waals surface area contributed by atoms with Crippen molar-refractivity contribution in [3.8, 4) is 5.69 Å². The van der Waals surface area contributed by atoms with Crippen LogP contribution in [0, 0.1) is 17.0 Å². The minimum Gasteiger partial charge on any atom is -0.272 e. The van der Waals surface area contributed by atoms with Gasteiger partial charge in [-0.25, -0.2) is 10.4 Å². The van der Waals surface area contributed by atoms with Crippen LogP contribution in [-0.2, 0) is 4.79 Å². The van der Waals surface area contributed by atoms with Crippen LogP contribution in [-0.4, -0.2) is 32.3 Å². The van der Waals surface area contributed by atoms with Gasteiger partial charge in [0.1, 0.15) is 0 Å². The van der Waals surface area contributed by atoms with E-state index in [1.807, 2.05) is 31.2 Å². The van der Waals surface area contributed by atoms with Crippen LogP contribution >= 0.6 is 11.8 Å². The maximum atomic E-state index is 13.3. The molecule has 0 fully saturated rings. The SMILES string of the molecule is Cc1ccccc1-n1c(SCC(=O)N/N=C/C=C/c2ccccc2[N+](=O)[O-])nc2ccccc2c1=O. The van der Waals surface area contributed by atoms with Gasteiger partial charge in [0.2, 0.25) is 0 Å². The Hall–Kier alpha value is -4.57. The normalized spacial score (nSPS) is 11.4. The first-order valence-corrected chi connectivity index (χ1v) is 11.9. The number of amides is 1. The zero-order valence-electron chi connectivity index (χ0n) is 19.2. The van der Waals surface area contributed by atoms with Crippen LogP contribution in [0.25, 0.3) is 22.7 Å². The van der Waals surface area contributed by atoms with Crippen molar-refractivity contribution in [1.29, 1.82) is 0 Å². The van der Waals surface area contributed by atoms with Crippen molar-refractivity contribution < 1.29 is 9.72 Å². The van der Waals surface area contributed by atoms with E-state index < -0.39 is 10.8 Å². The van der Waals surface area contributed by atoms with Crippen LogP contribution in [0.4, 0.5) is 5.69 Å². The fourth-order valence-electron chi connectivity index (χ4n) is 3.49. The number of hydrogen-bond donors (Lipinski definition) is 1. The lowest BCUT2D eigenvalue weighted by Crippen LogP contribution is -2.24. The number of para-hydroxylation sites is 3. The summed E-state index contributed by atoms with van der Waals surface area (Å²) in [6.07, 6.45) is 4.36. The lowest BCUT2D eigenvalue weighted by atomic mass is 10.2. The lowest BCUT2D eigenvalue weighted by molar-refractivity contribution is -0.385. The lowest BCUT2D eigenvalue weighted by Gasteiger charge is -2.14. The molecule has 3 aromatic carbocycles. The van der Waals surface area contributed by atoms with E-state index in [-0.39, 0.29) is 17.0 Å². The van der Waals surface area contributed by atoms with Gasteiger partial charge in [-0.05, 0) is 48.9 Å². The van der Waals surface area contributed by atoms with Crippen molar-refractivity contribution in [3.63, 3.8) is 0 Å². The van der Waals surface area contributed by atoms with E-state index in [0.29, 0.717) is 27.3 Å². The monoisotopic (exact) mass is 499 g/mol. The van der Waals surface area contributed by atoms with Gasteiger partial charge in [0.05, 0.1) is 32.8 Å². The van der Waals surface area contributed by atoms with E-state index in [0.717, 1.165) is 17.3 Å². The number of thioether (sulfide) groups is 1. The topological polar surface area (TPSA) is 119 Å². The Labute approximate surface area is 210 Å². The number of carbonyl (C=O) groups excluding carboxylic acids is 1. The molecule has 0 aliphatic heterocycles. The molecule has 9 nitrogen and oxygen atoms in total. The van der Waals surface area contributed by atoms with Crippen molar-refractivity contribution in [2.75, 3.05) is 5.75 Å². The Morgan fingerprint density at radius 3 is 2.64 bits per heavy atom. The Kier molecular flexibility index (Phi) is 7.66. The second-order valence-electron chi connectivity index (χ2n) is 7.62. The smallest absolute Gasteiger partial charge is 0.272 e. The summed E-state index contributed by atoms with van der Waals surface area (Å²) in [6.45, 7) is 1.91. The number of rotatable bonds is 8. The average Bonchev–Trinajstić information content (AvgIpc) is 2.88. The fourth-order valence-corrected chi connectivity index (χ4v) is 4.29. The molecule has 0 spiro atoms. The summed E-state index contributed by atoms with van der Waals surface area (Å²) in [5.74, 6) is -0.420. The van der Waals surface area contributed by atoms with Gasteiger partial charge in [0.25, 0.3) is 17.2 Å². The first-order valence-electron chi connectivity index (χ1n) is 10.9. The third kappa shape index (κ3) is 5.56. The molecule has 0 aliphatic carbocycles. The van der Waals surface area contributed by atoms with Gasteiger partial charge in [0, 0.05) is 12.3 Å². The number of nitrogens with zero attached hydrogens (tertiary/aromatic N) is 4. The van der Waals surface area contributed by atoms with Crippen LogP contribution in [0.15, 0.2) is 93.9 Å². The van der Waals surface area contributed by atoms with E-state index >= 15 is 0 Å². The predicted molar refractivity (Wildman–Crippen MR) is 142 cm³/mol. The number of aromatic nitrogens is 2. The van der Waals surface area contributed by atoms with Gasteiger partial charge < -0.3 is 0 Å². The Balaban J connectivity index is 1.48. The fraction of sp³-hybridized carbons (Fsp3) is 0.0769. The number of aryl methyl sites for hydroxylation is 1. The molecule has 36 heavy (non-hydrogen) atoms. The number of fused-ring (bicyclic) bond motifs is 1. The highest BCUT2D eigenvalue weighted by Gasteiger charge is 2.16. The predicted octanol–water partition coefficient (Wildman–Crippen LogP) is 4.51. The summed E-state index contributed by atoms with van der Waals surface area (Å²) in [4.78, 5) is 40.9. The summed E-state index contributed by atoms with van der Waals surface area (Å²) in [7, 11) is 0. The number of allylic oxidation sites excluding steroid dienone is 1. The highest BCUT2D eigenvalue weighted by atomic mass is 32.2. The molecule has 0 saturated carbocycles. The van der Waals surface area contributed by atoms with Crippen molar-refractivity contribution in [1.82, 2.24) is 15.0 Å². The van der Waals surface area contributed by atoms with Crippen LogP contribution in [0.5, 0.6) is 0 Å². The molecule has 0 atom stereocenters. The third-order valence-corrected chi connectivity index (χ3v) is 6.13. The second kappa shape index (κ2) is 11.2. The number of carbonyl (C=O) groups is 1. The first-order chi connectivity index (χ1) is 17.5. The van der Waals surface area contributed by atoms with Gasteiger partial charge in [-0.2, -0.15) is 5.10 Å². The summed E-state index contributed by atoms with van der Waals surface area (Å²) in [5, 5.41) is 15.8. The van der Waals surface area contributed by atoms with Gasteiger partial charge in [-0.3, -0.25) is 24.3 Å². The van der Waals surface area contributed by atoms with Crippen molar-refractivity contribution in [3.05, 3.63) is 110 Å².